The van der Waals surface area contributed by atoms with Crippen LogP contribution in [0.5, 0.6) is 5.75 Å². The highest BCUT2D eigenvalue weighted by Gasteiger charge is 2.46. The third-order valence-corrected chi connectivity index (χ3v) is 8.98. The minimum Gasteiger partial charge on any atom is -0.508 e. The van der Waals surface area contributed by atoms with E-state index in [1.54, 1.807) is 19.1 Å². The van der Waals surface area contributed by atoms with Crippen molar-refractivity contribution in [2.24, 2.45) is 11.8 Å². The molecule has 34 heavy (non-hydrogen) atoms. The Hall–Kier alpha value is -2.60. The van der Waals surface area contributed by atoms with Gasteiger partial charge in [0, 0.05) is 30.1 Å². The normalized spacial score (nSPS) is 28.9. The Bertz CT molecular complexity index is 1250. The standard InChI is InChI=1S/C28H34N2O4/c1-16-21-8-9-24(31)17(2)27(21)34-28(33)22(16)14-25(32)30-11-5-6-18-12-19-13-20(26(18)30)15-29-10-4-3-7-23(19)29/h8-9,12,19-20,23,26,31H,3-7,10-11,13-15H2,1-2H3. The number of benzene rings is 1. The number of amides is 1. The van der Waals surface area contributed by atoms with Crippen LogP contribution in [0.3, 0.4) is 0 Å². The Morgan fingerprint density at radius 1 is 1.15 bits per heavy atom. The lowest BCUT2D eigenvalue weighted by Gasteiger charge is -2.54. The van der Waals surface area contributed by atoms with Gasteiger partial charge in [-0.3, -0.25) is 9.69 Å². The Kier molecular flexibility index (Phi) is 5.32. The molecule has 1 aromatic heterocycles. The highest BCUT2D eigenvalue weighted by atomic mass is 16.4. The summed E-state index contributed by atoms with van der Waals surface area (Å²) in [6, 6.07) is 4.25. The van der Waals surface area contributed by atoms with E-state index >= 15 is 0 Å². The van der Waals surface area contributed by atoms with Crippen LogP contribution in [0.25, 0.3) is 11.0 Å². The van der Waals surface area contributed by atoms with Crippen LogP contribution in [0.2, 0.25) is 0 Å². The van der Waals surface area contributed by atoms with Crippen molar-refractivity contribution in [1.29, 1.82) is 0 Å². The van der Waals surface area contributed by atoms with Gasteiger partial charge < -0.3 is 14.4 Å². The van der Waals surface area contributed by atoms with Crippen LogP contribution in [0.4, 0.5) is 0 Å². The first-order valence-electron chi connectivity index (χ1n) is 12.9. The summed E-state index contributed by atoms with van der Waals surface area (Å²) in [7, 11) is 0. The zero-order valence-corrected chi connectivity index (χ0v) is 20.2. The van der Waals surface area contributed by atoms with E-state index in [0.29, 0.717) is 34.6 Å². The number of rotatable bonds is 2. The van der Waals surface area contributed by atoms with Crippen LogP contribution in [0, 0.1) is 25.7 Å². The molecular weight excluding hydrogens is 428 g/mol. The minimum atomic E-state index is -0.475. The number of nitrogens with zero attached hydrogens (tertiary/aromatic N) is 2. The van der Waals surface area contributed by atoms with E-state index in [4.69, 9.17) is 4.42 Å². The summed E-state index contributed by atoms with van der Waals surface area (Å²) < 4.78 is 5.60. The second-order valence-corrected chi connectivity index (χ2v) is 10.9. The second-order valence-electron chi connectivity index (χ2n) is 10.9. The lowest BCUT2D eigenvalue weighted by molar-refractivity contribution is -0.135. The van der Waals surface area contributed by atoms with Gasteiger partial charge in [0.15, 0.2) is 0 Å². The van der Waals surface area contributed by atoms with E-state index in [0.717, 1.165) is 36.9 Å². The quantitative estimate of drug-likeness (QED) is 0.538. The number of hydrogen-bond donors (Lipinski definition) is 1. The van der Waals surface area contributed by atoms with E-state index in [-0.39, 0.29) is 24.1 Å². The molecule has 2 aromatic rings. The largest absolute Gasteiger partial charge is 0.508 e. The van der Waals surface area contributed by atoms with Crippen LogP contribution in [-0.4, -0.2) is 52.5 Å². The van der Waals surface area contributed by atoms with Gasteiger partial charge in [0.05, 0.1) is 18.0 Å². The average molecular weight is 463 g/mol. The first kappa shape index (κ1) is 21.9. The Morgan fingerprint density at radius 2 is 2.00 bits per heavy atom. The highest BCUT2D eigenvalue weighted by molar-refractivity contribution is 5.87. The molecule has 6 heteroatoms. The fourth-order valence-electron chi connectivity index (χ4n) is 7.29. The van der Waals surface area contributed by atoms with Crippen molar-refractivity contribution in [2.75, 3.05) is 19.6 Å². The predicted molar refractivity (Wildman–Crippen MR) is 131 cm³/mol. The number of aromatic hydroxyl groups is 1. The van der Waals surface area contributed by atoms with Gasteiger partial charge in [0.2, 0.25) is 5.91 Å². The smallest absolute Gasteiger partial charge is 0.340 e. The molecule has 1 aromatic carbocycles. The molecule has 3 saturated heterocycles. The summed E-state index contributed by atoms with van der Waals surface area (Å²) in [5.74, 6) is 1.25. The van der Waals surface area contributed by atoms with Crippen molar-refractivity contribution >= 4 is 16.9 Å². The molecule has 2 bridgehead atoms. The number of hydrogen-bond acceptors (Lipinski definition) is 5. The van der Waals surface area contributed by atoms with Crippen LogP contribution in [0.15, 0.2) is 33.0 Å². The van der Waals surface area contributed by atoms with Crippen molar-refractivity contribution in [1.82, 2.24) is 9.80 Å². The average Bonchev–Trinajstić information content (AvgIpc) is 2.84. The summed E-state index contributed by atoms with van der Waals surface area (Å²) in [4.78, 5) is 31.4. The molecule has 0 radical (unpaired) electrons. The van der Waals surface area contributed by atoms with Gasteiger partial charge in [-0.1, -0.05) is 18.1 Å². The Morgan fingerprint density at radius 3 is 2.85 bits per heavy atom. The topological polar surface area (TPSA) is 74.0 Å². The summed E-state index contributed by atoms with van der Waals surface area (Å²) >= 11 is 0. The van der Waals surface area contributed by atoms with Crippen LogP contribution in [0.1, 0.15) is 55.2 Å². The Labute approximate surface area is 200 Å². The van der Waals surface area contributed by atoms with Gasteiger partial charge in [-0.05, 0) is 82.0 Å². The maximum atomic E-state index is 13.7. The molecule has 3 fully saturated rings. The number of likely N-dealkylation sites (tertiary alicyclic amines) is 1. The molecule has 6 nitrogen and oxygen atoms in total. The molecule has 1 N–H and O–H groups in total. The second kappa shape index (κ2) is 8.26. The molecule has 1 amide bonds. The van der Waals surface area contributed by atoms with E-state index < -0.39 is 5.63 Å². The summed E-state index contributed by atoms with van der Waals surface area (Å²) in [6.45, 7) is 6.65. The van der Waals surface area contributed by atoms with Crippen molar-refractivity contribution in [3.05, 3.63) is 50.9 Å². The van der Waals surface area contributed by atoms with Crippen LogP contribution in [-0.2, 0) is 11.2 Å². The van der Waals surface area contributed by atoms with Gasteiger partial charge in [0.25, 0.3) is 0 Å². The number of fused-ring (bicyclic) bond motifs is 7. The molecule has 0 spiro atoms. The molecular formula is C28H34N2O4. The zero-order chi connectivity index (χ0) is 23.6. The lowest BCUT2D eigenvalue weighted by atomic mass is 9.68. The fourth-order valence-corrected chi connectivity index (χ4v) is 7.29. The zero-order valence-electron chi connectivity index (χ0n) is 20.2. The van der Waals surface area contributed by atoms with Crippen LogP contribution >= 0.6 is 0 Å². The van der Waals surface area contributed by atoms with Gasteiger partial charge in [-0.15, -0.1) is 0 Å². The monoisotopic (exact) mass is 462 g/mol. The Balaban J connectivity index is 1.31. The molecule has 4 atom stereocenters. The summed E-state index contributed by atoms with van der Waals surface area (Å²) in [5, 5.41) is 10.8. The molecule has 0 saturated carbocycles. The maximum absolute atomic E-state index is 13.7. The molecule has 3 aliphatic heterocycles. The first-order valence-corrected chi connectivity index (χ1v) is 12.9. The number of phenols is 1. The van der Waals surface area contributed by atoms with Crippen molar-refractivity contribution < 1.29 is 14.3 Å². The van der Waals surface area contributed by atoms with Gasteiger partial charge >= 0.3 is 5.63 Å². The first-order chi connectivity index (χ1) is 16.4. The van der Waals surface area contributed by atoms with E-state index in [9.17, 15) is 14.7 Å². The molecule has 1 aliphatic carbocycles. The number of piperidine rings is 3. The van der Waals surface area contributed by atoms with Crippen molar-refractivity contribution in [3.63, 3.8) is 0 Å². The number of carbonyl (C=O) groups excluding carboxylic acids is 1. The lowest BCUT2D eigenvalue weighted by Crippen LogP contribution is -2.60. The van der Waals surface area contributed by atoms with Crippen LogP contribution < -0.4 is 5.63 Å². The van der Waals surface area contributed by atoms with E-state index in [2.05, 4.69) is 15.9 Å². The van der Waals surface area contributed by atoms with E-state index in [1.165, 1.54) is 37.8 Å². The van der Waals surface area contributed by atoms with Gasteiger partial charge in [0.1, 0.15) is 11.3 Å². The maximum Gasteiger partial charge on any atom is 0.340 e. The predicted octanol–water partition coefficient (Wildman–Crippen LogP) is 4.08. The molecule has 4 aliphatic rings. The van der Waals surface area contributed by atoms with E-state index in [1.807, 2.05) is 6.92 Å². The minimum absolute atomic E-state index is 0.0278. The number of carbonyl (C=O) groups is 1. The van der Waals surface area contributed by atoms with Gasteiger partial charge in [-0.25, -0.2) is 4.79 Å². The molecule has 4 heterocycles. The van der Waals surface area contributed by atoms with Crippen molar-refractivity contribution in [3.8, 4) is 5.75 Å². The van der Waals surface area contributed by atoms with Gasteiger partial charge in [-0.2, -0.15) is 0 Å². The summed E-state index contributed by atoms with van der Waals surface area (Å²) in [6.07, 6.45) is 9.78. The third kappa shape index (κ3) is 3.41. The molecule has 4 unspecified atom stereocenters. The number of phenolic OH excluding ortho intramolecular Hbond substituents is 1. The third-order valence-electron chi connectivity index (χ3n) is 8.98. The highest BCUT2D eigenvalue weighted by Crippen LogP contribution is 2.45. The molecule has 6 rings (SSSR count). The SMILES string of the molecule is Cc1c(CC(=O)N2CCCC3=CC4CC(CN5CCCCC45)C32)c(=O)oc2c(C)c(O)ccc12. The molecule has 180 valence electrons. The number of aryl methyl sites for hydroxylation is 2. The van der Waals surface area contributed by atoms with Crippen molar-refractivity contribution in [2.45, 2.75) is 70.9 Å². The summed E-state index contributed by atoms with van der Waals surface area (Å²) in [5.41, 5.74) is 3.14. The fraction of sp³-hybridized carbons (Fsp3) is 0.571.